The van der Waals surface area contributed by atoms with Crippen molar-refractivity contribution in [2.75, 3.05) is 6.61 Å². The number of rotatable bonds is 3. The van der Waals surface area contributed by atoms with Gasteiger partial charge in [0, 0.05) is 0 Å². The van der Waals surface area contributed by atoms with Crippen LogP contribution in [0.3, 0.4) is 0 Å². The molecule has 0 bridgehead atoms. The summed E-state index contributed by atoms with van der Waals surface area (Å²) < 4.78 is 9.63. The lowest BCUT2D eigenvalue weighted by Crippen LogP contribution is -2.03. The van der Waals surface area contributed by atoms with E-state index in [0.29, 0.717) is 0 Å². The first-order valence-corrected chi connectivity index (χ1v) is 3.66. The van der Waals surface area contributed by atoms with Gasteiger partial charge in [0.05, 0.1) is 6.26 Å². The van der Waals surface area contributed by atoms with Crippen LogP contribution in [-0.4, -0.2) is 12.6 Å². The molecule has 12 heavy (non-hydrogen) atoms. The van der Waals surface area contributed by atoms with Crippen molar-refractivity contribution in [2.24, 2.45) is 0 Å². The monoisotopic (exact) mass is 166 g/mol. The van der Waals surface area contributed by atoms with Crippen molar-refractivity contribution < 1.29 is 13.9 Å². The molecule has 1 heterocycles. The fourth-order valence-electron chi connectivity index (χ4n) is 0.686. The van der Waals surface area contributed by atoms with Crippen LogP contribution in [0.5, 0.6) is 0 Å². The Kier molecular flexibility index (Phi) is 3.14. The summed E-state index contributed by atoms with van der Waals surface area (Å²) in [4.78, 5) is 11.0. The van der Waals surface area contributed by atoms with Crippen molar-refractivity contribution in [3.05, 3.63) is 36.3 Å². The Hall–Kier alpha value is -1.51. The summed E-state index contributed by atoms with van der Waals surface area (Å²) in [5, 5.41) is 0. The van der Waals surface area contributed by atoms with Crippen molar-refractivity contribution in [1.29, 1.82) is 0 Å². The quantitative estimate of drug-likeness (QED) is 0.509. The molecule has 0 fully saturated rings. The van der Waals surface area contributed by atoms with E-state index in [9.17, 15) is 4.79 Å². The Morgan fingerprint density at radius 3 is 3.17 bits per heavy atom. The summed E-state index contributed by atoms with van der Waals surface area (Å²) in [6.07, 6.45) is 5.00. The Morgan fingerprint density at radius 2 is 2.58 bits per heavy atom. The Bertz CT molecular complexity index is 259. The Labute approximate surface area is 70.6 Å². The van der Waals surface area contributed by atoms with Gasteiger partial charge in [-0.3, -0.25) is 0 Å². The Morgan fingerprint density at radius 1 is 1.75 bits per heavy atom. The van der Waals surface area contributed by atoms with E-state index in [0.717, 1.165) is 0 Å². The second-order valence-corrected chi connectivity index (χ2v) is 2.14. The molecule has 3 nitrogen and oxygen atoms in total. The summed E-state index contributed by atoms with van der Waals surface area (Å²) in [7, 11) is 0. The first-order chi connectivity index (χ1) is 5.84. The molecule has 1 aromatic rings. The topological polar surface area (TPSA) is 39.4 Å². The SMILES string of the molecule is C/C=C/COC(=O)c1ccco1. The highest BCUT2D eigenvalue weighted by molar-refractivity contribution is 5.86. The van der Waals surface area contributed by atoms with Crippen molar-refractivity contribution in [3.63, 3.8) is 0 Å². The molecular formula is C9H10O3. The zero-order valence-electron chi connectivity index (χ0n) is 6.82. The molecule has 1 rings (SSSR count). The van der Waals surface area contributed by atoms with E-state index in [1.807, 2.05) is 13.0 Å². The van der Waals surface area contributed by atoms with Crippen molar-refractivity contribution in [1.82, 2.24) is 0 Å². The minimum atomic E-state index is -0.432. The first kappa shape index (κ1) is 8.59. The van der Waals surface area contributed by atoms with E-state index in [1.165, 1.54) is 6.26 Å². The molecule has 0 aliphatic rings. The minimum Gasteiger partial charge on any atom is -0.457 e. The second-order valence-electron chi connectivity index (χ2n) is 2.14. The number of furan rings is 1. The van der Waals surface area contributed by atoms with Crippen molar-refractivity contribution in [3.8, 4) is 0 Å². The van der Waals surface area contributed by atoms with Gasteiger partial charge in [0.25, 0.3) is 0 Å². The van der Waals surface area contributed by atoms with Crippen molar-refractivity contribution in [2.45, 2.75) is 6.92 Å². The summed E-state index contributed by atoms with van der Waals surface area (Å²) >= 11 is 0. The number of hydrogen-bond donors (Lipinski definition) is 0. The molecule has 3 heteroatoms. The van der Waals surface area contributed by atoms with Crippen molar-refractivity contribution >= 4 is 5.97 Å². The lowest BCUT2D eigenvalue weighted by Gasteiger charge is -1.96. The van der Waals surface area contributed by atoms with Crippen LogP contribution in [0.2, 0.25) is 0 Å². The number of hydrogen-bond acceptors (Lipinski definition) is 3. The number of esters is 1. The zero-order chi connectivity index (χ0) is 8.81. The summed E-state index contributed by atoms with van der Waals surface area (Å²) in [5.41, 5.74) is 0. The van der Waals surface area contributed by atoms with Gasteiger partial charge < -0.3 is 9.15 Å². The highest BCUT2D eigenvalue weighted by Gasteiger charge is 2.07. The van der Waals surface area contributed by atoms with E-state index in [-0.39, 0.29) is 12.4 Å². The van der Waals surface area contributed by atoms with Crippen LogP contribution in [0.25, 0.3) is 0 Å². The van der Waals surface area contributed by atoms with Gasteiger partial charge >= 0.3 is 5.97 Å². The maximum atomic E-state index is 11.0. The summed E-state index contributed by atoms with van der Waals surface area (Å²) in [6, 6.07) is 3.21. The fourth-order valence-corrected chi connectivity index (χ4v) is 0.686. The summed E-state index contributed by atoms with van der Waals surface area (Å²) in [6.45, 7) is 2.15. The molecule has 0 spiro atoms. The van der Waals surface area contributed by atoms with E-state index in [1.54, 1.807) is 18.2 Å². The molecule has 0 radical (unpaired) electrons. The van der Waals surface area contributed by atoms with Crippen LogP contribution < -0.4 is 0 Å². The third-order valence-electron chi connectivity index (χ3n) is 1.27. The lowest BCUT2D eigenvalue weighted by molar-refractivity contribution is 0.0513. The largest absolute Gasteiger partial charge is 0.457 e. The van der Waals surface area contributed by atoms with E-state index in [4.69, 9.17) is 9.15 Å². The third-order valence-corrected chi connectivity index (χ3v) is 1.27. The standard InChI is InChI=1S/C9H10O3/c1-2-3-6-12-9(10)8-5-4-7-11-8/h2-5,7H,6H2,1H3/b3-2+. The molecule has 0 unspecified atom stereocenters. The molecule has 0 saturated carbocycles. The maximum absolute atomic E-state index is 11.0. The molecule has 0 amide bonds. The summed E-state index contributed by atoms with van der Waals surface area (Å²) in [5.74, 6) is -0.197. The van der Waals surface area contributed by atoms with Crippen LogP contribution in [0.1, 0.15) is 17.5 Å². The number of carbonyl (C=O) groups excluding carboxylic acids is 1. The molecule has 0 saturated heterocycles. The predicted molar refractivity (Wildman–Crippen MR) is 43.8 cm³/mol. The molecular weight excluding hydrogens is 156 g/mol. The van der Waals surface area contributed by atoms with Gasteiger partial charge in [-0.05, 0) is 19.1 Å². The second kappa shape index (κ2) is 4.38. The minimum absolute atomic E-state index is 0.236. The van der Waals surface area contributed by atoms with E-state index >= 15 is 0 Å². The average Bonchev–Trinajstić information content (AvgIpc) is 2.56. The number of allylic oxidation sites excluding steroid dienone is 1. The highest BCUT2D eigenvalue weighted by atomic mass is 16.5. The lowest BCUT2D eigenvalue weighted by atomic mass is 10.4. The smallest absolute Gasteiger partial charge is 0.374 e. The normalized spacial score (nSPS) is 10.4. The first-order valence-electron chi connectivity index (χ1n) is 3.66. The van der Waals surface area contributed by atoms with E-state index in [2.05, 4.69) is 0 Å². The van der Waals surface area contributed by atoms with Crippen LogP contribution in [0.15, 0.2) is 35.0 Å². The maximum Gasteiger partial charge on any atom is 0.374 e. The van der Waals surface area contributed by atoms with Crippen LogP contribution in [0.4, 0.5) is 0 Å². The van der Waals surface area contributed by atoms with Gasteiger partial charge in [-0.25, -0.2) is 4.79 Å². The number of carbonyl (C=O) groups is 1. The molecule has 64 valence electrons. The molecule has 0 N–H and O–H groups in total. The molecule has 0 aromatic carbocycles. The van der Waals surface area contributed by atoms with Gasteiger partial charge in [-0.1, -0.05) is 12.2 Å². The zero-order valence-corrected chi connectivity index (χ0v) is 6.82. The van der Waals surface area contributed by atoms with Crippen LogP contribution >= 0.6 is 0 Å². The molecule has 1 aromatic heterocycles. The Balaban J connectivity index is 2.40. The average molecular weight is 166 g/mol. The fraction of sp³-hybridized carbons (Fsp3) is 0.222. The number of ether oxygens (including phenoxy) is 1. The van der Waals surface area contributed by atoms with E-state index < -0.39 is 5.97 Å². The third kappa shape index (κ3) is 2.27. The highest BCUT2D eigenvalue weighted by Crippen LogP contribution is 2.01. The molecule has 0 aliphatic carbocycles. The van der Waals surface area contributed by atoms with Gasteiger partial charge in [0.1, 0.15) is 6.61 Å². The van der Waals surface area contributed by atoms with Gasteiger partial charge in [0.2, 0.25) is 5.76 Å². The van der Waals surface area contributed by atoms with Gasteiger partial charge in [-0.15, -0.1) is 0 Å². The van der Waals surface area contributed by atoms with Crippen LogP contribution in [-0.2, 0) is 4.74 Å². The molecule has 0 aliphatic heterocycles. The molecule has 0 atom stereocenters. The predicted octanol–water partition coefficient (Wildman–Crippen LogP) is 2.01. The van der Waals surface area contributed by atoms with Gasteiger partial charge in [-0.2, -0.15) is 0 Å². The van der Waals surface area contributed by atoms with Crippen LogP contribution in [0, 0.1) is 0 Å². The van der Waals surface area contributed by atoms with Gasteiger partial charge in [0.15, 0.2) is 0 Å².